The topological polar surface area (TPSA) is 97.1 Å². The second-order valence-electron chi connectivity index (χ2n) is 4.98. The minimum Gasteiger partial charge on any atom is -0.479 e. The summed E-state index contributed by atoms with van der Waals surface area (Å²) in [6, 6.07) is 0.565. The molecular weight excluding hydrogens is 329 g/mol. The maximum absolute atomic E-state index is 12.8. The summed E-state index contributed by atoms with van der Waals surface area (Å²) in [5, 5.41) is 15.3. The second kappa shape index (κ2) is 6.30. The predicted octanol–water partition coefficient (Wildman–Crippen LogP) is 1.70. The van der Waals surface area contributed by atoms with Gasteiger partial charge in [0, 0.05) is 25.1 Å². The molecule has 1 unspecified atom stereocenters. The fourth-order valence-electron chi connectivity index (χ4n) is 2.06. The number of halogens is 3. The number of aliphatic carboxylic acids is 1. The van der Waals surface area contributed by atoms with Crippen molar-refractivity contribution >= 4 is 11.9 Å². The monoisotopic (exact) mass is 342 g/mol. The van der Waals surface area contributed by atoms with Crippen LogP contribution < -0.4 is 5.32 Å². The van der Waals surface area contributed by atoms with E-state index in [0.29, 0.717) is 12.3 Å². The van der Waals surface area contributed by atoms with Gasteiger partial charge in [0.25, 0.3) is 5.91 Å². The van der Waals surface area contributed by atoms with Gasteiger partial charge in [-0.3, -0.25) is 14.5 Å². The highest BCUT2D eigenvalue weighted by Crippen LogP contribution is 2.29. The van der Waals surface area contributed by atoms with Gasteiger partial charge in [0.1, 0.15) is 0 Å². The average Bonchev–Trinajstić information content (AvgIpc) is 2.89. The molecule has 0 aliphatic heterocycles. The van der Waals surface area contributed by atoms with Crippen molar-refractivity contribution in [1.82, 2.24) is 20.1 Å². The molecule has 0 radical (unpaired) electrons. The summed E-state index contributed by atoms with van der Waals surface area (Å²) in [6.07, 6.45) is -2.71. The molecule has 0 fully saturated rings. The van der Waals surface area contributed by atoms with Crippen molar-refractivity contribution in [3.63, 3.8) is 0 Å². The Balaban J connectivity index is 2.35. The highest BCUT2D eigenvalue weighted by molar-refractivity contribution is 5.97. The molecule has 1 amide bonds. The lowest BCUT2D eigenvalue weighted by Crippen LogP contribution is -2.35. The summed E-state index contributed by atoms with van der Waals surface area (Å²) in [5.41, 5.74) is -1.22. The van der Waals surface area contributed by atoms with Crippen LogP contribution in [0.4, 0.5) is 13.2 Å². The van der Waals surface area contributed by atoms with E-state index in [0.717, 1.165) is 0 Å². The van der Waals surface area contributed by atoms with Crippen LogP contribution in [0.1, 0.15) is 33.4 Å². The highest BCUT2D eigenvalue weighted by atomic mass is 19.4. The molecule has 1 atom stereocenters. The lowest BCUT2D eigenvalue weighted by atomic mass is 10.1. The van der Waals surface area contributed by atoms with Crippen LogP contribution in [0.5, 0.6) is 0 Å². The molecule has 0 saturated heterocycles. The number of hydrogen-bond donors (Lipinski definition) is 2. The van der Waals surface area contributed by atoms with Gasteiger partial charge in [0.2, 0.25) is 0 Å². The molecule has 0 aliphatic rings. The summed E-state index contributed by atoms with van der Waals surface area (Å²) in [6.45, 7) is 1.36. The zero-order valence-corrected chi connectivity index (χ0v) is 12.6. The first-order chi connectivity index (χ1) is 11.1. The Kier molecular flexibility index (Phi) is 4.58. The van der Waals surface area contributed by atoms with Crippen LogP contribution in [-0.4, -0.2) is 31.7 Å². The van der Waals surface area contributed by atoms with Crippen molar-refractivity contribution in [3.8, 4) is 0 Å². The Hall–Kier alpha value is -2.91. The van der Waals surface area contributed by atoms with Gasteiger partial charge in [-0.05, 0) is 19.1 Å². The first-order valence-corrected chi connectivity index (χ1v) is 6.66. The van der Waals surface area contributed by atoms with Gasteiger partial charge >= 0.3 is 12.1 Å². The smallest absolute Gasteiger partial charge is 0.417 e. The summed E-state index contributed by atoms with van der Waals surface area (Å²) >= 11 is 0. The highest BCUT2D eigenvalue weighted by Gasteiger charge is 2.33. The fourth-order valence-corrected chi connectivity index (χ4v) is 2.06. The number of aromatic nitrogens is 3. The van der Waals surface area contributed by atoms with Gasteiger partial charge in [-0.2, -0.15) is 18.3 Å². The van der Waals surface area contributed by atoms with Crippen molar-refractivity contribution in [1.29, 1.82) is 0 Å². The van der Waals surface area contributed by atoms with Crippen molar-refractivity contribution in [3.05, 3.63) is 47.0 Å². The number of carboxylic acids is 1. The lowest BCUT2D eigenvalue weighted by Gasteiger charge is -2.16. The molecule has 2 aromatic rings. The van der Waals surface area contributed by atoms with E-state index in [1.165, 1.54) is 30.9 Å². The summed E-state index contributed by atoms with van der Waals surface area (Å²) < 4.78 is 39.5. The largest absolute Gasteiger partial charge is 0.479 e. The normalized spacial score (nSPS) is 12.7. The predicted molar refractivity (Wildman–Crippen MR) is 75.0 cm³/mol. The number of pyridine rings is 1. The molecule has 0 aromatic carbocycles. The third-order valence-electron chi connectivity index (χ3n) is 3.34. The minimum atomic E-state index is -4.66. The van der Waals surface area contributed by atoms with Gasteiger partial charge < -0.3 is 10.4 Å². The Labute approximate surface area is 134 Å². The molecule has 10 heteroatoms. The van der Waals surface area contributed by atoms with Crippen LogP contribution in [0.3, 0.4) is 0 Å². The summed E-state index contributed by atoms with van der Waals surface area (Å²) in [5.74, 6) is -2.34. The Morgan fingerprint density at radius 1 is 1.38 bits per heavy atom. The van der Waals surface area contributed by atoms with Crippen molar-refractivity contribution in [2.75, 3.05) is 0 Å². The first-order valence-electron chi connectivity index (χ1n) is 6.66. The molecule has 2 rings (SSSR count). The molecule has 2 aromatic heterocycles. The van der Waals surface area contributed by atoms with Crippen molar-refractivity contribution in [2.24, 2.45) is 7.05 Å². The van der Waals surface area contributed by atoms with Crippen LogP contribution in [0.25, 0.3) is 0 Å². The number of carbonyl (C=O) groups is 2. The molecule has 0 saturated carbocycles. The van der Waals surface area contributed by atoms with Gasteiger partial charge in [-0.15, -0.1) is 0 Å². The number of amides is 1. The van der Waals surface area contributed by atoms with Crippen LogP contribution in [-0.2, 0) is 18.0 Å². The molecule has 0 bridgehead atoms. The Morgan fingerprint density at radius 2 is 2.04 bits per heavy atom. The van der Waals surface area contributed by atoms with Gasteiger partial charge in [0.05, 0.1) is 16.8 Å². The van der Waals surface area contributed by atoms with Crippen LogP contribution >= 0.6 is 0 Å². The molecule has 128 valence electrons. The molecule has 24 heavy (non-hydrogen) atoms. The number of carboxylic acid groups (broad SMARTS) is 1. The number of nitrogens with zero attached hydrogens (tertiary/aromatic N) is 3. The molecule has 7 nitrogen and oxygen atoms in total. The number of rotatable bonds is 4. The fraction of sp³-hybridized carbons (Fsp3) is 0.286. The first kappa shape index (κ1) is 17.4. The lowest BCUT2D eigenvalue weighted by molar-refractivity contribution is -0.140. The van der Waals surface area contributed by atoms with Gasteiger partial charge in [0.15, 0.2) is 6.04 Å². The van der Waals surface area contributed by atoms with E-state index in [1.807, 2.05) is 0 Å². The summed E-state index contributed by atoms with van der Waals surface area (Å²) in [4.78, 5) is 27.2. The third-order valence-corrected chi connectivity index (χ3v) is 3.34. The van der Waals surface area contributed by atoms with E-state index in [4.69, 9.17) is 0 Å². The zero-order chi connectivity index (χ0) is 18.1. The molecule has 2 heterocycles. The Bertz CT molecular complexity index is 786. The number of hydrogen-bond acceptors (Lipinski definition) is 4. The number of carbonyl (C=O) groups excluding carboxylic acids is 1. The van der Waals surface area contributed by atoms with E-state index in [9.17, 15) is 27.9 Å². The van der Waals surface area contributed by atoms with Gasteiger partial charge in [-0.25, -0.2) is 4.79 Å². The minimum absolute atomic E-state index is 0.0506. The van der Waals surface area contributed by atoms with E-state index in [-0.39, 0.29) is 17.0 Å². The van der Waals surface area contributed by atoms with Crippen LogP contribution in [0, 0.1) is 6.92 Å². The van der Waals surface area contributed by atoms with Crippen LogP contribution in [0.2, 0.25) is 0 Å². The number of aryl methyl sites for hydroxylation is 2. The molecule has 2 N–H and O–H groups in total. The van der Waals surface area contributed by atoms with Crippen molar-refractivity contribution in [2.45, 2.75) is 19.1 Å². The quantitative estimate of drug-likeness (QED) is 0.881. The SMILES string of the molecule is Cc1ncc(C(F)(F)F)cc1C(=O)NC(C(=O)O)c1ccnn1C. The number of alkyl halides is 3. The second-order valence-corrected chi connectivity index (χ2v) is 4.98. The summed E-state index contributed by atoms with van der Waals surface area (Å²) in [7, 11) is 1.48. The van der Waals surface area contributed by atoms with E-state index >= 15 is 0 Å². The molecular formula is C14H13F3N4O3. The maximum atomic E-state index is 12.8. The molecule has 0 aliphatic carbocycles. The maximum Gasteiger partial charge on any atom is 0.417 e. The Morgan fingerprint density at radius 3 is 2.54 bits per heavy atom. The van der Waals surface area contributed by atoms with E-state index in [2.05, 4.69) is 15.4 Å². The van der Waals surface area contributed by atoms with Gasteiger partial charge in [-0.1, -0.05) is 0 Å². The standard InChI is InChI=1S/C14H13F3N4O3/c1-7-9(5-8(6-18-7)14(15,16)17)12(22)20-11(13(23)24)10-3-4-19-21(10)2/h3-6,11H,1-2H3,(H,20,22)(H,23,24). The zero-order valence-electron chi connectivity index (χ0n) is 12.6. The van der Waals surface area contributed by atoms with Crippen molar-refractivity contribution < 1.29 is 27.9 Å². The van der Waals surface area contributed by atoms with E-state index in [1.54, 1.807) is 0 Å². The molecule has 0 spiro atoms. The van der Waals surface area contributed by atoms with Crippen LogP contribution in [0.15, 0.2) is 24.5 Å². The number of nitrogens with one attached hydrogen (secondary N) is 1. The third kappa shape index (κ3) is 3.53. The average molecular weight is 342 g/mol. The van der Waals surface area contributed by atoms with E-state index < -0.39 is 29.7 Å².